The first-order chi connectivity index (χ1) is 10.5. The van der Waals surface area contributed by atoms with Crippen LogP contribution in [0.4, 0.5) is 0 Å². The van der Waals surface area contributed by atoms with E-state index in [4.69, 9.17) is 0 Å². The second-order valence-electron chi connectivity index (χ2n) is 4.54. The molecule has 0 aliphatic carbocycles. The minimum atomic E-state index is -0.295. The molecule has 0 atom stereocenters. The van der Waals surface area contributed by atoms with Gasteiger partial charge in [-0.15, -0.1) is 0 Å². The molecule has 1 aromatic carbocycles. The summed E-state index contributed by atoms with van der Waals surface area (Å²) in [6.07, 6.45) is 1.00. The molecule has 7 heteroatoms. The molecule has 0 saturated carbocycles. The summed E-state index contributed by atoms with van der Waals surface area (Å²) in [5.74, 6) is -0.678. The predicted octanol–water partition coefficient (Wildman–Crippen LogP) is 1.64. The van der Waals surface area contributed by atoms with E-state index in [9.17, 15) is 14.4 Å². The zero-order valence-electron chi connectivity index (χ0n) is 12.4. The van der Waals surface area contributed by atoms with E-state index in [0.717, 1.165) is 4.47 Å². The van der Waals surface area contributed by atoms with Gasteiger partial charge in [-0.1, -0.05) is 15.9 Å². The van der Waals surface area contributed by atoms with Gasteiger partial charge in [0.05, 0.1) is 7.11 Å². The molecular formula is C15H19BrN2O4. The number of esters is 1. The van der Waals surface area contributed by atoms with Gasteiger partial charge >= 0.3 is 5.97 Å². The number of ether oxygens (including phenoxy) is 1. The van der Waals surface area contributed by atoms with Crippen molar-refractivity contribution in [1.82, 2.24) is 10.6 Å². The topological polar surface area (TPSA) is 84.5 Å². The molecule has 1 aromatic rings. The smallest absolute Gasteiger partial charge is 0.305 e. The highest BCUT2D eigenvalue weighted by Gasteiger charge is 2.06. The number of halogens is 1. The lowest BCUT2D eigenvalue weighted by atomic mass is 10.2. The van der Waals surface area contributed by atoms with Crippen LogP contribution in [0, 0.1) is 0 Å². The van der Waals surface area contributed by atoms with Gasteiger partial charge in [-0.25, -0.2) is 0 Å². The molecule has 0 saturated heterocycles. The number of hydrogen-bond acceptors (Lipinski definition) is 4. The first kappa shape index (κ1) is 18.2. The van der Waals surface area contributed by atoms with E-state index in [0.29, 0.717) is 18.5 Å². The van der Waals surface area contributed by atoms with Crippen molar-refractivity contribution in [2.45, 2.75) is 19.3 Å². The van der Waals surface area contributed by atoms with Crippen LogP contribution in [-0.4, -0.2) is 38.0 Å². The molecule has 0 spiro atoms. The van der Waals surface area contributed by atoms with Crippen molar-refractivity contribution < 1.29 is 19.1 Å². The van der Waals surface area contributed by atoms with Crippen LogP contribution >= 0.6 is 15.9 Å². The molecule has 0 aliphatic rings. The maximum absolute atomic E-state index is 11.8. The zero-order chi connectivity index (χ0) is 16.4. The van der Waals surface area contributed by atoms with Crippen molar-refractivity contribution in [2.75, 3.05) is 20.2 Å². The van der Waals surface area contributed by atoms with Crippen LogP contribution in [0.25, 0.3) is 0 Å². The van der Waals surface area contributed by atoms with Crippen molar-refractivity contribution in [3.63, 3.8) is 0 Å². The fourth-order valence-corrected chi connectivity index (χ4v) is 1.91. The SMILES string of the molecule is COC(=O)CCCNC(=O)CCNC(=O)c1ccc(Br)cc1. The number of nitrogens with one attached hydrogen (secondary N) is 2. The van der Waals surface area contributed by atoms with Crippen molar-refractivity contribution >= 4 is 33.7 Å². The van der Waals surface area contributed by atoms with Crippen LogP contribution in [0.5, 0.6) is 0 Å². The molecule has 0 fully saturated rings. The molecule has 0 aliphatic heterocycles. The molecule has 120 valence electrons. The molecular weight excluding hydrogens is 352 g/mol. The summed E-state index contributed by atoms with van der Waals surface area (Å²) in [6, 6.07) is 6.96. The Morgan fingerprint density at radius 1 is 1.05 bits per heavy atom. The Morgan fingerprint density at radius 2 is 1.73 bits per heavy atom. The molecule has 0 radical (unpaired) electrons. The number of carbonyl (C=O) groups is 3. The van der Waals surface area contributed by atoms with Gasteiger partial charge in [0.1, 0.15) is 0 Å². The molecule has 0 unspecified atom stereocenters. The van der Waals surface area contributed by atoms with E-state index in [2.05, 4.69) is 31.3 Å². The van der Waals surface area contributed by atoms with Gasteiger partial charge < -0.3 is 15.4 Å². The van der Waals surface area contributed by atoms with Gasteiger partial charge in [0, 0.05) is 36.0 Å². The third kappa shape index (κ3) is 7.21. The van der Waals surface area contributed by atoms with Crippen molar-refractivity contribution in [3.8, 4) is 0 Å². The van der Waals surface area contributed by atoms with Crippen molar-refractivity contribution in [3.05, 3.63) is 34.3 Å². The van der Waals surface area contributed by atoms with E-state index in [1.165, 1.54) is 7.11 Å². The van der Waals surface area contributed by atoms with E-state index < -0.39 is 0 Å². The van der Waals surface area contributed by atoms with Gasteiger partial charge in [-0.2, -0.15) is 0 Å². The third-order valence-electron chi connectivity index (χ3n) is 2.85. The zero-order valence-corrected chi connectivity index (χ0v) is 13.9. The molecule has 2 amide bonds. The standard InChI is InChI=1S/C15H19BrN2O4/c1-22-14(20)3-2-9-17-13(19)8-10-18-15(21)11-4-6-12(16)7-5-11/h4-7H,2-3,8-10H2,1H3,(H,17,19)(H,18,21). The van der Waals surface area contributed by atoms with Crippen LogP contribution in [-0.2, 0) is 14.3 Å². The summed E-state index contributed by atoms with van der Waals surface area (Å²) in [4.78, 5) is 34.2. The Hall–Kier alpha value is -1.89. The first-order valence-corrected chi connectivity index (χ1v) is 7.69. The van der Waals surface area contributed by atoms with Crippen LogP contribution in [0.2, 0.25) is 0 Å². The minimum absolute atomic E-state index is 0.166. The molecule has 6 nitrogen and oxygen atoms in total. The van der Waals surface area contributed by atoms with Crippen molar-refractivity contribution in [2.24, 2.45) is 0 Å². The van der Waals surface area contributed by atoms with Gasteiger partial charge in [-0.3, -0.25) is 14.4 Å². The summed E-state index contributed by atoms with van der Waals surface area (Å²) < 4.78 is 5.39. The minimum Gasteiger partial charge on any atom is -0.469 e. The van der Waals surface area contributed by atoms with Crippen LogP contribution < -0.4 is 10.6 Å². The number of methoxy groups -OCH3 is 1. The normalized spacial score (nSPS) is 9.91. The third-order valence-corrected chi connectivity index (χ3v) is 3.38. The lowest BCUT2D eigenvalue weighted by Crippen LogP contribution is -2.31. The molecule has 0 heterocycles. The summed E-state index contributed by atoms with van der Waals surface area (Å²) in [7, 11) is 1.33. The van der Waals surface area contributed by atoms with Gasteiger partial charge in [0.2, 0.25) is 5.91 Å². The number of rotatable bonds is 8. The number of amides is 2. The monoisotopic (exact) mass is 370 g/mol. The average Bonchev–Trinajstić information content (AvgIpc) is 2.51. The lowest BCUT2D eigenvalue weighted by Gasteiger charge is -2.06. The molecule has 2 N–H and O–H groups in total. The van der Waals surface area contributed by atoms with Gasteiger partial charge in [0.25, 0.3) is 5.91 Å². The van der Waals surface area contributed by atoms with E-state index in [1.54, 1.807) is 24.3 Å². The number of carbonyl (C=O) groups excluding carboxylic acids is 3. The first-order valence-electron chi connectivity index (χ1n) is 6.90. The Kier molecular flexibility index (Phi) is 8.21. The number of benzene rings is 1. The summed E-state index contributed by atoms with van der Waals surface area (Å²) >= 11 is 3.30. The Balaban J connectivity index is 2.15. The fraction of sp³-hybridized carbons (Fsp3) is 0.400. The summed E-state index contributed by atoms with van der Waals surface area (Å²) in [6.45, 7) is 0.673. The lowest BCUT2D eigenvalue weighted by molar-refractivity contribution is -0.140. The number of hydrogen-bond donors (Lipinski definition) is 2. The Bertz CT molecular complexity index is 517. The second kappa shape index (κ2) is 9.94. The maximum atomic E-state index is 11.8. The largest absolute Gasteiger partial charge is 0.469 e. The summed E-state index contributed by atoms with van der Waals surface area (Å²) in [5.41, 5.74) is 0.543. The quantitative estimate of drug-likeness (QED) is 0.538. The molecule has 0 aromatic heterocycles. The van der Waals surface area contributed by atoms with Crippen LogP contribution in [0.1, 0.15) is 29.6 Å². The molecule has 0 bridgehead atoms. The summed E-state index contributed by atoms with van der Waals surface area (Å²) in [5, 5.41) is 5.36. The highest BCUT2D eigenvalue weighted by Crippen LogP contribution is 2.10. The van der Waals surface area contributed by atoms with E-state index in [-0.39, 0.29) is 37.2 Å². The second-order valence-corrected chi connectivity index (χ2v) is 5.46. The Morgan fingerprint density at radius 3 is 2.36 bits per heavy atom. The molecule has 22 heavy (non-hydrogen) atoms. The van der Waals surface area contributed by atoms with Gasteiger partial charge in [0.15, 0.2) is 0 Å². The average molecular weight is 371 g/mol. The van der Waals surface area contributed by atoms with E-state index in [1.807, 2.05) is 0 Å². The maximum Gasteiger partial charge on any atom is 0.305 e. The van der Waals surface area contributed by atoms with E-state index >= 15 is 0 Å². The highest BCUT2D eigenvalue weighted by atomic mass is 79.9. The fourth-order valence-electron chi connectivity index (χ4n) is 1.64. The highest BCUT2D eigenvalue weighted by molar-refractivity contribution is 9.10. The van der Waals surface area contributed by atoms with Crippen LogP contribution in [0.15, 0.2) is 28.7 Å². The Labute approximate surface area is 137 Å². The van der Waals surface area contributed by atoms with Gasteiger partial charge in [-0.05, 0) is 30.7 Å². The van der Waals surface area contributed by atoms with Crippen LogP contribution in [0.3, 0.4) is 0 Å². The predicted molar refractivity (Wildman–Crippen MR) is 85.4 cm³/mol. The molecule has 1 rings (SSSR count). The van der Waals surface area contributed by atoms with Crippen molar-refractivity contribution in [1.29, 1.82) is 0 Å².